The van der Waals surface area contributed by atoms with E-state index in [1.165, 1.54) is 69.9 Å². The summed E-state index contributed by atoms with van der Waals surface area (Å²) in [6.07, 6.45) is 0. The number of hydrogen-bond acceptors (Lipinski definition) is 2. The average molecular weight is 942 g/mol. The minimum atomic E-state index is -2.75. The van der Waals surface area contributed by atoms with E-state index < -0.39 is 16.9 Å². The van der Waals surface area contributed by atoms with Crippen molar-refractivity contribution < 1.29 is 0 Å². The van der Waals surface area contributed by atoms with Crippen LogP contribution >= 0.6 is 11.8 Å². The van der Waals surface area contributed by atoms with E-state index in [1.54, 1.807) is 20.7 Å². The van der Waals surface area contributed by atoms with Crippen molar-refractivity contribution in [1.29, 1.82) is 0 Å². The summed E-state index contributed by atoms with van der Waals surface area (Å²) in [5.41, 5.74) is 13.1. The fourth-order valence-corrected chi connectivity index (χ4v) is 23.7. The van der Waals surface area contributed by atoms with E-state index in [1.807, 2.05) is 11.8 Å². The lowest BCUT2D eigenvalue weighted by Crippen LogP contribution is -2.87. The Balaban J connectivity index is 0.873. The lowest BCUT2D eigenvalue weighted by atomic mass is 9.99. The minimum Gasteiger partial charge on any atom is -0.310 e. The second-order valence-electron chi connectivity index (χ2n) is 18.4. The Bertz CT molecular complexity index is 3620. The summed E-state index contributed by atoms with van der Waals surface area (Å²) >= 11 is 1.94. The van der Waals surface area contributed by atoms with Gasteiger partial charge in [-0.3, -0.25) is 0 Å². The maximum absolute atomic E-state index is 2.75. The van der Waals surface area contributed by atoms with Crippen molar-refractivity contribution in [3.63, 3.8) is 0 Å². The van der Waals surface area contributed by atoms with Gasteiger partial charge in [0.05, 0.1) is 0 Å². The Kier molecular flexibility index (Phi) is 10.7. The van der Waals surface area contributed by atoms with Gasteiger partial charge < -0.3 is 4.90 Å². The van der Waals surface area contributed by atoms with Crippen molar-refractivity contribution >= 4 is 82.0 Å². The smallest absolute Gasteiger partial charge is 0.181 e. The molecule has 0 aliphatic carbocycles. The quantitative estimate of drug-likeness (QED) is 0.140. The van der Waals surface area contributed by atoms with Gasteiger partial charge in [0.25, 0.3) is 0 Å². The Morgan fingerprint density at radius 1 is 0.271 bits per heavy atom. The average Bonchev–Trinajstić information content (AvgIpc) is 3.44. The van der Waals surface area contributed by atoms with Crippen LogP contribution in [-0.4, -0.2) is 16.9 Å². The molecule has 1 nitrogen and oxygen atoms in total. The first-order chi connectivity index (χ1) is 34.7. The third-order valence-electron chi connectivity index (χ3n) is 14.5. The zero-order chi connectivity index (χ0) is 46.4. The van der Waals surface area contributed by atoms with Gasteiger partial charge in [-0.15, -0.1) is 0 Å². The lowest BCUT2D eigenvalue weighted by Gasteiger charge is -2.46. The van der Waals surface area contributed by atoms with Crippen LogP contribution in [0.2, 0.25) is 0 Å². The number of nitrogens with zero attached hydrogens (tertiary/aromatic N) is 1. The number of fused-ring (bicyclic) bond motifs is 8. The molecular formula is C66H47NSSi2. The van der Waals surface area contributed by atoms with Crippen LogP contribution in [-0.2, 0) is 0 Å². The van der Waals surface area contributed by atoms with E-state index in [4.69, 9.17) is 0 Å². The summed E-state index contributed by atoms with van der Waals surface area (Å²) in [6, 6.07) is 104. The largest absolute Gasteiger partial charge is 0.310 e. The molecule has 70 heavy (non-hydrogen) atoms. The summed E-state index contributed by atoms with van der Waals surface area (Å²) in [7, 11) is -4.59. The molecule has 2 aliphatic heterocycles. The number of rotatable bonds is 8. The highest BCUT2D eigenvalue weighted by molar-refractivity contribution is 8.00. The fourth-order valence-electron chi connectivity index (χ4n) is 11.3. The second kappa shape index (κ2) is 17.8. The molecule has 11 aromatic carbocycles. The summed E-state index contributed by atoms with van der Waals surface area (Å²) in [4.78, 5) is 5.13. The predicted octanol–water partition coefficient (Wildman–Crippen LogP) is 12.2. The van der Waals surface area contributed by atoms with Crippen molar-refractivity contribution in [2.24, 2.45) is 0 Å². The highest BCUT2D eigenvalue weighted by Crippen LogP contribution is 2.39. The van der Waals surface area contributed by atoms with E-state index in [0.717, 1.165) is 17.1 Å². The van der Waals surface area contributed by atoms with E-state index in [2.05, 4.69) is 284 Å². The predicted molar refractivity (Wildman–Crippen MR) is 303 cm³/mol. The number of hydrogen-bond donors (Lipinski definition) is 0. The van der Waals surface area contributed by atoms with Crippen molar-refractivity contribution in [3.05, 3.63) is 279 Å². The van der Waals surface area contributed by atoms with Gasteiger partial charge in [-0.25, -0.2) is 0 Å². The molecule has 0 bridgehead atoms. The summed E-state index contributed by atoms with van der Waals surface area (Å²) in [6.45, 7) is 0. The molecule has 0 saturated heterocycles. The number of benzene rings is 11. The first-order valence-corrected chi connectivity index (χ1v) is 28.7. The molecule has 330 valence electrons. The highest BCUT2D eigenvalue weighted by Gasteiger charge is 2.52. The highest BCUT2D eigenvalue weighted by atomic mass is 32.2. The van der Waals surface area contributed by atoms with Crippen LogP contribution in [0.1, 0.15) is 0 Å². The molecule has 0 amide bonds. The van der Waals surface area contributed by atoms with Crippen molar-refractivity contribution in [1.82, 2.24) is 0 Å². The van der Waals surface area contributed by atoms with Gasteiger partial charge in [-0.05, 0) is 114 Å². The molecule has 1 unspecified atom stereocenters. The molecule has 1 spiro atoms. The molecule has 1 atom stereocenters. The zero-order valence-electron chi connectivity index (χ0n) is 38.5. The molecule has 0 aromatic heterocycles. The SMILES string of the molecule is c1ccc(-c2ccc(-c3ccc(N(c4ccccc4)c4cccc(-c5ccc(-c6ccc7c(c6)[Si]6(c8ccccc8Sc8ccccc86)c6ccccc6[SiH]7c6ccccc6)cc5)c4)cc3)cc2)cc1. The van der Waals surface area contributed by atoms with Crippen molar-refractivity contribution in [2.45, 2.75) is 9.79 Å². The summed E-state index contributed by atoms with van der Waals surface area (Å²) in [5, 5.41) is 10.7. The first-order valence-electron chi connectivity index (χ1n) is 24.2. The third-order valence-corrected chi connectivity index (χ3v) is 24.9. The van der Waals surface area contributed by atoms with E-state index in [0.29, 0.717) is 0 Å². The Morgan fingerprint density at radius 3 is 1.29 bits per heavy atom. The van der Waals surface area contributed by atoms with Crippen LogP contribution in [0, 0.1) is 0 Å². The monoisotopic (exact) mass is 941 g/mol. The van der Waals surface area contributed by atoms with Gasteiger partial charge in [0.15, 0.2) is 8.07 Å². The van der Waals surface area contributed by atoms with E-state index in [-0.39, 0.29) is 0 Å². The van der Waals surface area contributed by atoms with Gasteiger partial charge in [0, 0.05) is 26.9 Å². The molecule has 11 aromatic rings. The van der Waals surface area contributed by atoms with Gasteiger partial charge in [-0.1, -0.05) is 258 Å². The Morgan fingerprint density at radius 2 is 0.671 bits per heavy atom. The zero-order valence-corrected chi connectivity index (χ0v) is 41.5. The topological polar surface area (TPSA) is 3.24 Å². The van der Waals surface area contributed by atoms with Crippen LogP contribution in [0.5, 0.6) is 0 Å². The van der Waals surface area contributed by atoms with Gasteiger partial charge in [0.1, 0.15) is 8.80 Å². The maximum atomic E-state index is 2.61. The lowest BCUT2D eigenvalue weighted by molar-refractivity contribution is 1.28. The van der Waals surface area contributed by atoms with Gasteiger partial charge >= 0.3 is 0 Å². The molecule has 4 heteroatoms. The molecule has 0 saturated carbocycles. The van der Waals surface area contributed by atoms with Crippen LogP contribution in [0.3, 0.4) is 0 Å². The van der Waals surface area contributed by atoms with Crippen LogP contribution < -0.4 is 41.2 Å². The van der Waals surface area contributed by atoms with Crippen molar-refractivity contribution in [2.75, 3.05) is 4.90 Å². The maximum Gasteiger partial charge on any atom is 0.181 e. The fraction of sp³-hybridized carbons (Fsp3) is 0. The Labute approximate surface area is 417 Å². The molecule has 0 N–H and O–H groups in total. The normalized spacial score (nSPS) is 13.9. The van der Waals surface area contributed by atoms with E-state index in [9.17, 15) is 0 Å². The van der Waals surface area contributed by atoms with Crippen LogP contribution in [0.25, 0.3) is 44.5 Å². The molecule has 0 fully saturated rings. The standard InChI is InChI=1S/C66H47NSSi2/c1-4-17-47(18-5-1)48-31-33-49(34-32-48)50-39-42-56(43-40-50)67(55-20-6-2-7-21-55)57-22-16-19-53(45-57)51-35-37-52(38-36-51)54-41-44-62-66(46-54)70(63-28-13-10-25-59(63)68-60-26-11-14-29-64(60)70)65-30-15-12-27-61(65)69(62)58-23-8-3-9-24-58/h1-46,69H. The third kappa shape index (κ3) is 7.23. The van der Waals surface area contributed by atoms with Gasteiger partial charge in [-0.2, -0.15) is 0 Å². The molecule has 13 rings (SSSR count). The number of anilines is 3. The second-order valence-corrected chi connectivity index (χ2v) is 25.9. The van der Waals surface area contributed by atoms with Crippen LogP contribution in [0.4, 0.5) is 17.1 Å². The first kappa shape index (κ1) is 42.1. The molecule has 2 heterocycles. The number of para-hydroxylation sites is 1. The van der Waals surface area contributed by atoms with E-state index >= 15 is 0 Å². The summed E-state index contributed by atoms with van der Waals surface area (Å²) in [5.74, 6) is 0. The van der Waals surface area contributed by atoms with Crippen molar-refractivity contribution in [3.8, 4) is 44.5 Å². The summed E-state index contributed by atoms with van der Waals surface area (Å²) < 4.78 is 0. The Hall–Kier alpha value is -8.00. The molecule has 0 radical (unpaired) electrons. The van der Waals surface area contributed by atoms with Gasteiger partial charge in [0.2, 0.25) is 0 Å². The minimum absolute atomic E-state index is 1.11. The van der Waals surface area contributed by atoms with Crippen LogP contribution in [0.15, 0.2) is 289 Å². The molecular weight excluding hydrogens is 895 g/mol. The molecule has 2 aliphatic rings.